The van der Waals surface area contributed by atoms with Crippen LogP contribution in [0.4, 0.5) is 5.69 Å². The molecule has 0 aromatic heterocycles. The summed E-state index contributed by atoms with van der Waals surface area (Å²) in [6.45, 7) is 6.70. The molecule has 0 aliphatic carbocycles. The molecule has 2 fully saturated rings. The SMILES string of the molecule is CNC(=O)C(CCC=O)N(C)C=O.Cc1ccc(N2CCC3(CC2)CNCCO3)cc1C=O. The average Bonchev–Trinajstić information content (AvgIpc) is 2.85. The van der Waals surface area contributed by atoms with Gasteiger partial charge in [-0.2, -0.15) is 0 Å². The number of benzene rings is 1. The Morgan fingerprint density at radius 3 is 2.58 bits per heavy atom. The molecule has 0 radical (unpaired) electrons. The Labute approximate surface area is 195 Å². The minimum absolute atomic E-state index is 0.0347. The zero-order valence-corrected chi connectivity index (χ0v) is 19.8. The number of anilines is 1. The minimum atomic E-state index is -0.548. The molecule has 2 aliphatic heterocycles. The van der Waals surface area contributed by atoms with Gasteiger partial charge in [0.05, 0.1) is 12.2 Å². The lowest BCUT2D eigenvalue weighted by Gasteiger charge is -2.44. The van der Waals surface area contributed by atoms with E-state index < -0.39 is 6.04 Å². The zero-order valence-electron chi connectivity index (χ0n) is 19.8. The molecule has 0 saturated carbocycles. The second-order valence-electron chi connectivity index (χ2n) is 8.50. The summed E-state index contributed by atoms with van der Waals surface area (Å²) in [7, 11) is 3.01. The van der Waals surface area contributed by atoms with Gasteiger partial charge in [0, 0.05) is 57.9 Å². The number of nitrogens with zero attached hydrogens (tertiary/aromatic N) is 2. The molecule has 2 saturated heterocycles. The first kappa shape index (κ1) is 26.5. The van der Waals surface area contributed by atoms with Crippen molar-refractivity contribution in [2.24, 2.45) is 0 Å². The molecule has 1 aromatic carbocycles. The number of hydrogen-bond donors (Lipinski definition) is 2. The summed E-state index contributed by atoms with van der Waals surface area (Å²) in [5.74, 6) is -0.253. The maximum Gasteiger partial charge on any atom is 0.242 e. The van der Waals surface area contributed by atoms with Gasteiger partial charge in [-0.25, -0.2) is 0 Å². The fourth-order valence-electron chi connectivity index (χ4n) is 4.14. The highest BCUT2D eigenvalue weighted by Gasteiger charge is 2.37. The summed E-state index contributed by atoms with van der Waals surface area (Å²) in [4.78, 5) is 46.3. The third kappa shape index (κ3) is 7.36. The van der Waals surface area contributed by atoms with Crippen molar-refractivity contribution in [3.8, 4) is 0 Å². The number of hydrogen-bond acceptors (Lipinski definition) is 7. The Morgan fingerprint density at radius 1 is 1.30 bits per heavy atom. The smallest absolute Gasteiger partial charge is 0.242 e. The minimum Gasteiger partial charge on any atom is -0.372 e. The number of likely N-dealkylation sites (N-methyl/N-ethyl adjacent to an activating group) is 2. The number of piperidine rings is 1. The first-order valence-electron chi connectivity index (χ1n) is 11.4. The second kappa shape index (κ2) is 13.1. The van der Waals surface area contributed by atoms with Gasteiger partial charge in [0.1, 0.15) is 18.6 Å². The Balaban J connectivity index is 0.000000260. The van der Waals surface area contributed by atoms with Crippen LogP contribution in [0, 0.1) is 6.92 Å². The monoisotopic (exact) mass is 460 g/mol. The van der Waals surface area contributed by atoms with Gasteiger partial charge in [0.2, 0.25) is 12.3 Å². The molecule has 2 N–H and O–H groups in total. The molecule has 1 aromatic rings. The van der Waals surface area contributed by atoms with E-state index in [9.17, 15) is 19.2 Å². The van der Waals surface area contributed by atoms with Crippen LogP contribution in [0.3, 0.4) is 0 Å². The van der Waals surface area contributed by atoms with E-state index in [1.165, 1.54) is 19.0 Å². The average molecular weight is 461 g/mol. The molecule has 9 heteroatoms. The number of ether oxygens (including phenoxy) is 1. The molecule has 9 nitrogen and oxygen atoms in total. The van der Waals surface area contributed by atoms with Crippen LogP contribution in [0.1, 0.15) is 41.6 Å². The van der Waals surface area contributed by atoms with Gasteiger partial charge in [-0.3, -0.25) is 14.4 Å². The quantitative estimate of drug-likeness (QED) is 0.556. The molecular formula is C24H36N4O5. The first-order chi connectivity index (χ1) is 15.9. The molecule has 1 unspecified atom stereocenters. The van der Waals surface area contributed by atoms with Gasteiger partial charge < -0.3 is 30.0 Å². The lowest BCUT2D eigenvalue weighted by Crippen LogP contribution is -2.55. The third-order valence-corrected chi connectivity index (χ3v) is 6.33. The zero-order chi connectivity index (χ0) is 24.3. The van der Waals surface area contributed by atoms with Gasteiger partial charge in [0.25, 0.3) is 0 Å². The predicted molar refractivity (Wildman–Crippen MR) is 127 cm³/mol. The molecule has 0 bridgehead atoms. The topological polar surface area (TPSA) is 108 Å². The van der Waals surface area contributed by atoms with Crippen LogP contribution in [-0.2, 0) is 19.1 Å². The highest BCUT2D eigenvalue weighted by Crippen LogP contribution is 2.30. The number of carbonyl (C=O) groups excluding carboxylic acids is 4. The molecule has 2 amide bonds. The van der Waals surface area contributed by atoms with Gasteiger partial charge in [-0.15, -0.1) is 0 Å². The second-order valence-corrected chi connectivity index (χ2v) is 8.50. The predicted octanol–water partition coefficient (Wildman–Crippen LogP) is 0.935. The number of aryl methyl sites for hydroxylation is 1. The van der Waals surface area contributed by atoms with E-state index in [0.29, 0.717) is 12.8 Å². The van der Waals surface area contributed by atoms with E-state index in [2.05, 4.69) is 21.6 Å². The van der Waals surface area contributed by atoms with Crippen LogP contribution in [0.2, 0.25) is 0 Å². The number of morpholine rings is 1. The van der Waals surface area contributed by atoms with Crippen molar-refractivity contribution in [2.75, 3.05) is 51.8 Å². The molecule has 3 rings (SSSR count). The van der Waals surface area contributed by atoms with Crippen molar-refractivity contribution in [1.29, 1.82) is 0 Å². The van der Waals surface area contributed by atoms with E-state index in [0.717, 1.165) is 75.0 Å². The van der Waals surface area contributed by atoms with Crippen LogP contribution in [-0.4, -0.2) is 88.3 Å². The number of rotatable bonds is 8. The van der Waals surface area contributed by atoms with Crippen molar-refractivity contribution < 1.29 is 23.9 Å². The molecule has 33 heavy (non-hydrogen) atoms. The van der Waals surface area contributed by atoms with Crippen LogP contribution in [0.5, 0.6) is 0 Å². The fraction of sp³-hybridized carbons (Fsp3) is 0.583. The highest BCUT2D eigenvalue weighted by atomic mass is 16.5. The molecule has 182 valence electrons. The fourth-order valence-corrected chi connectivity index (χ4v) is 4.14. The van der Waals surface area contributed by atoms with Crippen LogP contribution >= 0.6 is 0 Å². The lowest BCUT2D eigenvalue weighted by molar-refractivity contribution is -0.131. The van der Waals surface area contributed by atoms with Crippen LogP contribution in [0.25, 0.3) is 0 Å². The van der Waals surface area contributed by atoms with Crippen molar-refractivity contribution in [2.45, 2.75) is 44.2 Å². The summed E-state index contributed by atoms with van der Waals surface area (Å²) < 4.78 is 6.01. The van der Waals surface area contributed by atoms with Gasteiger partial charge in [-0.05, 0) is 43.9 Å². The van der Waals surface area contributed by atoms with Gasteiger partial charge in [-0.1, -0.05) is 6.07 Å². The Bertz CT molecular complexity index is 800. The standard InChI is InChI=1S/C16H22N2O2.C8H14N2O3/c1-13-2-3-15(10-14(13)11-19)18-7-4-16(5-8-18)12-17-6-9-20-16;1-9-8(13)7(4-3-5-11)10(2)6-12/h2-3,10-11,17H,4-9,12H2,1H3;5-7H,3-4H2,1-2H3,(H,9,13). The molecule has 2 heterocycles. The molecule has 1 spiro atoms. The van der Waals surface area contributed by atoms with E-state index >= 15 is 0 Å². The maximum atomic E-state index is 11.2. The Morgan fingerprint density at radius 2 is 2.03 bits per heavy atom. The van der Waals surface area contributed by atoms with Gasteiger partial charge in [0.15, 0.2) is 0 Å². The summed E-state index contributed by atoms with van der Waals surface area (Å²) >= 11 is 0. The molecule has 2 aliphatic rings. The van der Waals surface area contributed by atoms with E-state index in [1.54, 1.807) is 0 Å². The largest absolute Gasteiger partial charge is 0.372 e. The molecular weight excluding hydrogens is 424 g/mol. The maximum absolute atomic E-state index is 11.2. The van der Waals surface area contributed by atoms with Crippen molar-refractivity contribution in [3.05, 3.63) is 29.3 Å². The van der Waals surface area contributed by atoms with Crippen LogP contribution in [0.15, 0.2) is 18.2 Å². The van der Waals surface area contributed by atoms with Crippen molar-refractivity contribution in [3.63, 3.8) is 0 Å². The Kier molecular flexibility index (Phi) is 10.5. The van der Waals surface area contributed by atoms with Gasteiger partial charge >= 0.3 is 0 Å². The summed E-state index contributed by atoms with van der Waals surface area (Å²) in [6.07, 6.45) is 4.97. The number of carbonyl (C=O) groups is 4. The normalized spacial score (nSPS) is 17.8. The number of aldehydes is 2. The molecule has 1 atom stereocenters. The summed E-state index contributed by atoms with van der Waals surface area (Å²) in [5, 5.41) is 5.87. The lowest BCUT2D eigenvalue weighted by atomic mass is 9.89. The summed E-state index contributed by atoms with van der Waals surface area (Å²) in [5.41, 5.74) is 3.01. The highest BCUT2D eigenvalue weighted by molar-refractivity contribution is 5.83. The first-order valence-corrected chi connectivity index (χ1v) is 11.4. The third-order valence-electron chi connectivity index (χ3n) is 6.33. The number of amides is 2. The van der Waals surface area contributed by atoms with E-state index in [4.69, 9.17) is 4.74 Å². The van der Waals surface area contributed by atoms with Crippen LogP contribution < -0.4 is 15.5 Å². The summed E-state index contributed by atoms with van der Waals surface area (Å²) in [6, 6.07) is 5.59. The van der Waals surface area contributed by atoms with E-state index in [1.807, 2.05) is 19.1 Å². The van der Waals surface area contributed by atoms with Crippen molar-refractivity contribution >= 4 is 30.6 Å². The van der Waals surface area contributed by atoms with Crippen molar-refractivity contribution in [1.82, 2.24) is 15.5 Å². The Hall–Kier alpha value is -2.78. The number of nitrogens with one attached hydrogen (secondary N) is 2. The van der Waals surface area contributed by atoms with E-state index in [-0.39, 0.29) is 17.9 Å².